The number of carbonyl (C=O) groups is 1. The van der Waals surface area contributed by atoms with Crippen molar-refractivity contribution >= 4 is 5.91 Å². The van der Waals surface area contributed by atoms with Gasteiger partial charge >= 0.3 is 0 Å². The largest absolute Gasteiger partial charge is 0.352 e. The van der Waals surface area contributed by atoms with Gasteiger partial charge in [0.25, 0.3) is 0 Å². The molecule has 2 rings (SSSR count). The third kappa shape index (κ3) is 3.05. The zero-order valence-corrected chi connectivity index (χ0v) is 12.0. The van der Waals surface area contributed by atoms with Crippen LogP contribution in [0.25, 0.3) is 0 Å². The molecule has 3 heteroatoms. The molecule has 0 bridgehead atoms. The van der Waals surface area contributed by atoms with Gasteiger partial charge in [-0.25, -0.2) is 0 Å². The van der Waals surface area contributed by atoms with Crippen LogP contribution in [-0.2, 0) is 4.79 Å². The fraction of sp³-hybridized carbons (Fsp3) is 0.933. The minimum Gasteiger partial charge on any atom is -0.352 e. The van der Waals surface area contributed by atoms with Crippen LogP contribution in [0.5, 0.6) is 0 Å². The Morgan fingerprint density at radius 2 is 2.06 bits per heavy atom. The smallest absolute Gasteiger partial charge is 0.237 e. The molecule has 2 fully saturated rings. The summed E-state index contributed by atoms with van der Waals surface area (Å²) in [7, 11) is 0. The molecule has 5 atom stereocenters. The number of hydrogen-bond donors (Lipinski definition) is 2. The van der Waals surface area contributed by atoms with E-state index in [2.05, 4.69) is 31.4 Å². The van der Waals surface area contributed by atoms with Crippen molar-refractivity contribution in [2.45, 2.75) is 65.0 Å². The minimum atomic E-state index is 0.0480. The van der Waals surface area contributed by atoms with Crippen molar-refractivity contribution in [3.8, 4) is 0 Å². The van der Waals surface area contributed by atoms with Gasteiger partial charge in [-0.3, -0.25) is 4.79 Å². The summed E-state index contributed by atoms with van der Waals surface area (Å²) in [5, 5.41) is 6.64. The van der Waals surface area contributed by atoms with Gasteiger partial charge in [0.05, 0.1) is 6.04 Å². The van der Waals surface area contributed by atoms with Gasteiger partial charge < -0.3 is 10.6 Å². The first kappa shape index (κ1) is 13.9. The molecule has 5 unspecified atom stereocenters. The summed E-state index contributed by atoms with van der Waals surface area (Å²) in [5.74, 6) is 2.33. The molecule has 2 N–H and O–H groups in total. The number of piperidine rings is 1. The summed E-state index contributed by atoms with van der Waals surface area (Å²) < 4.78 is 0. The maximum atomic E-state index is 12.3. The summed E-state index contributed by atoms with van der Waals surface area (Å²) in [4.78, 5) is 12.3. The Hall–Kier alpha value is -0.570. The minimum absolute atomic E-state index is 0.0480. The van der Waals surface area contributed by atoms with Crippen LogP contribution in [0, 0.1) is 17.8 Å². The number of amides is 1. The quantitative estimate of drug-likeness (QED) is 0.809. The van der Waals surface area contributed by atoms with E-state index in [9.17, 15) is 4.79 Å². The van der Waals surface area contributed by atoms with E-state index in [1.54, 1.807) is 0 Å². The van der Waals surface area contributed by atoms with E-state index in [0.717, 1.165) is 31.2 Å². The van der Waals surface area contributed by atoms with Gasteiger partial charge in [-0.15, -0.1) is 0 Å². The average molecular weight is 252 g/mol. The molecule has 0 aromatic carbocycles. The molecule has 1 saturated carbocycles. The molecule has 104 valence electrons. The van der Waals surface area contributed by atoms with Gasteiger partial charge in [-0.05, 0) is 50.0 Å². The molecular formula is C15H28N2O. The maximum absolute atomic E-state index is 12.3. The van der Waals surface area contributed by atoms with Crippen molar-refractivity contribution in [2.75, 3.05) is 6.54 Å². The molecule has 3 nitrogen and oxygen atoms in total. The number of nitrogens with one attached hydrogen (secondary N) is 2. The van der Waals surface area contributed by atoms with Gasteiger partial charge in [0, 0.05) is 6.04 Å². The van der Waals surface area contributed by atoms with E-state index in [-0.39, 0.29) is 11.9 Å². The van der Waals surface area contributed by atoms with Crippen molar-refractivity contribution < 1.29 is 4.79 Å². The van der Waals surface area contributed by atoms with Crippen LogP contribution < -0.4 is 10.6 Å². The highest BCUT2D eigenvalue weighted by atomic mass is 16.2. The number of hydrogen-bond acceptors (Lipinski definition) is 2. The molecule has 1 saturated heterocycles. The standard InChI is InChI=1S/C15H28N2O/c1-4-12-7-8-16-14(9-12)15(18)17-13-6-5-10(2)11(13)3/h10-14,16H,4-9H2,1-3H3,(H,17,18). The lowest BCUT2D eigenvalue weighted by atomic mass is 9.89. The Balaban J connectivity index is 1.84. The lowest BCUT2D eigenvalue weighted by Crippen LogP contribution is -2.51. The van der Waals surface area contributed by atoms with Gasteiger partial charge in [0.15, 0.2) is 0 Å². The normalized spacial score (nSPS) is 40.7. The predicted octanol–water partition coefficient (Wildman–Crippen LogP) is 2.32. The molecule has 0 aromatic rings. The summed E-state index contributed by atoms with van der Waals surface area (Å²) >= 11 is 0. The molecule has 1 aliphatic carbocycles. The highest BCUT2D eigenvalue weighted by Crippen LogP contribution is 2.31. The fourth-order valence-electron chi connectivity index (χ4n) is 3.42. The van der Waals surface area contributed by atoms with Crippen LogP contribution in [-0.4, -0.2) is 24.5 Å². The molecule has 2 aliphatic rings. The Labute approximate surface area is 111 Å². The van der Waals surface area contributed by atoms with Crippen LogP contribution in [0.4, 0.5) is 0 Å². The molecule has 1 aliphatic heterocycles. The molecule has 1 heterocycles. The predicted molar refractivity (Wildman–Crippen MR) is 74.3 cm³/mol. The third-order valence-corrected chi connectivity index (χ3v) is 5.20. The van der Waals surface area contributed by atoms with Crippen molar-refractivity contribution in [3.05, 3.63) is 0 Å². The first-order chi connectivity index (χ1) is 8.61. The second kappa shape index (κ2) is 6.05. The number of rotatable bonds is 3. The molecule has 0 radical (unpaired) electrons. The van der Waals surface area contributed by atoms with Crippen LogP contribution in [0.15, 0.2) is 0 Å². The first-order valence-corrected chi connectivity index (χ1v) is 7.65. The van der Waals surface area contributed by atoms with Crippen LogP contribution >= 0.6 is 0 Å². The zero-order valence-electron chi connectivity index (χ0n) is 12.0. The van der Waals surface area contributed by atoms with Gasteiger partial charge in [0.2, 0.25) is 5.91 Å². The van der Waals surface area contributed by atoms with Crippen molar-refractivity contribution in [1.82, 2.24) is 10.6 Å². The first-order valence-electron chi connectivity index (χ1n) is 7.65. The number of carbonyl (C=O) groups excluding carboxylic acids is 1. The summed E-state index contributed by atoms with van der Waals surface area (Å²) in [6, 6.07) is 0.447. The fourth-order valence-corrected chi connectivity index (χ4v) is 3.42. The maximum Gasteiger partial charge on any atom is 0.237 e. The van der Waals surface area contributed by atoms with E-state index in [4.69, 9.17) is 0 Å². The second-order valence-corrected chi connectivity index (χ2v) is 6.33. The van der Waals surface area contributed by atoms with E-state index in [1.807, 2.05) is 0 Å². The van der Waals surface area contributed by atoms with Gasteiger partial charge in [-0.1, -0.05) is 27.2 Å². The monoisotopic (exact) mass is 252 g/mol. The van der Waals surface area contributed by atoms with Crippen molar-refractivity contribution in [2.24, 2.45) is 17.8 Å². The molecule has 18 heavy (non-hydrogen) atoms. The van der Waals surface area contributed by atoms with E-state index >= 15 is 0 Å². The van der Waals surface area contributed by atoms with Crippen LogP contribution in [0.1, 0.15) is 52.9 Å². The van der Waals surface area contributed by atoms with Crippen LogP contribution in [0.2, 0.25) is 0 Å². The van der Waals surface area contributed by atoms with Crippen LogP contribution in [0.3, 0.4) is 0 Å². The molecule has 0 aromatic heterocycles. The Bertz CT molecular complexity index is 292. The molecular weight excluding hydrogens is 224 g/mol. The van der Waals surface area contributed by atoms with Gasteiger partial charge in [0.1, 0.15) is 0 Å². The van der Waals surface area contributed by atoms with E-state index in [1.165, 1.54) is 19.3 Å². The molecule has 1 amide bonds. The zero-order chi connectivity index (χ0) is 13.1. The third-order valence-electron chi connectivity index (χ3n) is 5.20. The summed E-state index contributed by atoms with van der Waals surface area (Å²) in [6.45, 7) is 7.79. The van der Waals surface area contributed by atoms with Crippen molar-refractivity contribution in [3.63, 3.8) is 0 Å². The average Bonchev–Trinajstić information content (AvgIpc) is 2.71. The summed E-state index contributed by atoms with van der Waals surface area (Å²) in [6.07, 6.45) is 5.83. The lowest BCUT2D eigenvalue weighted by Gasteiger charge is -2.30. The van der Waals surface area contributed by atoms with E-state index < -0.39 is 0 Å². The SMILES string of the molecule is CCC1CCNC(C(=O)NC2CCC(C)C2C)C1. The summed E-state index contributed by atoms with van der Waals surface area (Å²) in [5.41, 5.74) is 0. The van der Waals surface area contributed by atoms with Crippen molar-refractivity contribution in [1.29, 1.82) is 0 Å². The van der Waals surface area contributed by atoms with Gasteiger partial charge in [-0.2, -0.15) is 0 Å². The Morgan fingerprint density at radius 1 is 1.28 bits per heavy atom. The molecule has 0 spiro atoms. The highest BCUT2D eigenvalue weighted by molar-refractivity contribution is 5.82. The Kier molecular flexibility index (Phi) is 4.66. The Morgan fingerprint density at radius 3 is 2.67 bits per heavy atom. The second-order valence-electron chi connectivity index (χ2n) is 6.33. The highest BCUT2D eigenvalue weighted by Gasteiger charge is 2.33. The topological polar surface area (TPSA) is 41.1 Å². The van der Waals surface area contributed by atoms with E-state index in [0.29, 0.717) is 12.0 Å². The lowest BCUT2D eigenvalue weighted by molar-refractivity contribution is -0.125.